The van der Waals surface area contributed by atoms with Crippen molar-refractivity contribution in [1.29, 1.82) is 0 Å². The average Bonchev–Trinajstić information content (AvgIpc) is 2.82. The van der Waals surface area contributed by atoms with Crippen LogP contribution in [0.4, 0.5) is 0 Å². The summed E-state index contributed by atoms with van der Waals surface area (Å²) in [6.45, 7) is 5.09. The van der Waals surface area contributed by atoms with Gasteiger partial charge in [0.25, 0.3) is 0 Å². The van der Waals surface area contributed by atoms with E-state index in [0.717, 1.165) is 36.5 Å². The van der Waals surface area contributed by atoms with Crippen LogP contribution in [0.3, 0.4) is 0 Å². The Morgan fingerprint density at radius 1 is 1.00 bits per heavy atom. The number of aliphatic hydroxyl groups excluding tert-OH is 1. The van der Waals surface area contributed by atoms with Crippen LogP contribution in [0, 0.1) is 34.5 Å². The lowest BCUT2D eigenvalue weighted by molar-refractivity contribution is -0.119. The van der Waals surface area contributed by atoms with Crippen molar-refractivity contribution in [2.45, 2.75) is 83.1 Å². The molecular weight excluding hydrogens is 280 g/mol. The van der Waals surface area contributed by atoms with Crippen LogP contribution in [0.15, 0.2) is 0 Å². The third-order valence-corrected chi connectivity index (χ3v) is 8.87. The largest absolute Gasteiger partial charge is 0.392 e. The van der Waals surface area contributed by atoms with Crippen LogP contribution in [-0.2, 0) is 0 Å². The van der Waals surface area contributed by atoms with E-state index in [1.807, 2.05) is 0 Å². The van der Waals surface area contributed by atoms with Crippen molar-refractivity contribution in [3.8, 4) is 0 Å². The molecule has 0 spiro atoms. The van der Waals surface area contributed by atoms with Crippen LogP contribution in [0.5, 0.6) is 0 Å². The fourth-order valence-corrected chi connectivity index (χ4v) is 7.66. The number of fused-ring (bicyclic) bond motifs is 5. The second-order valence-electron chi connectivity index (χ2n) is 9.27. The van der Waals surface area contributed by atoms with Crippen LogP contribution < -0.4 is 0 Å². The van der Waals surface area contributed by atoms with E-state index < -0.39 is 0 Å². The summed E-state index contributed by atoms with van der Waals surface area (Å²) in [6.07, 6.45) is 11.8. The van der Waals surface area contributed by atoms with E-state index >= 15 is 0 Å². The molecule has 0 aromatic carbocycles. The molecule has 21 heavy (non-hydrogen) atoms. The number of rotatable bonds is 0. The minimum absolute atomic E-state index is 0.0121. The molecule has 0 aromatic heterocycles. The van der Waals surface area contributed by atoms with Crippen LogP contribution in [0.2, 0.25) is 0 Å². The predicted molar refractivity (Wildman–Crippen MR) is 87.4 cm³/mol. The van der Waals surface area contributed by atoms with Crippen LogP contribution in [0.1, 0.15) is 71.6 Å². The maximum absolute atomic E-state index is 10.2. The SMILES string of the molecule is C[C@@]12CCC[C@H]1[C@@H]1CC[C@H]3C[C@@H](O)[C@H](Cl)C[C@]3(C)[C@H]1CC2. The molecule has 4 aliphatic rings. The Morgan fingerprint density at radius 3 is 2.62 bits per heavy atom. The summed E-state index contributed by atoms with van der Waals surface area (Å²) < 4.78 is 0. The molecule has 0 bridgehead atoms. The standard InChI is InChI=1S/C19H31ClO/c1-18-8-3-4-14(18)13-6-5-12-10-17(21)16(20)11-19(12,2)15(13)7-9-18/h12-17,21H,3-11H2,1-2H3/t12-,13-,14-,15-,16+,17+,18-,19-/m0/s1. The molecule has 4 rings (SSSR count). The normalized spacial score (nSPS) is 60.0. The van der Waals surface area contributed by atoms with Gasteiger partial charge in [-0.1, -0.05) is 20.3 Å². The molecule has 4 fully saturated rings. The number of hydrogen-bond donors (Lipinski definition) is 1. The second kappa shape index (κ2) is 4.87. The van der Waals surface area contributed by atoms with Gasteiger partial charge in [-0.25, -0.2) is 0 Å². The van der Waals surface area contributed by atoms with Crippen molar-refractivity contribution < 1.29 is 5.11 Å². The van der Waals surface area contributed by atoms with Gasteiger partial charge in [-0.15, -0.1) is 11.6 Å². The zero-order chi connectivity index (χ0) is 14.8. The van der Waals surface area contributed by atoms with Crippen LogP contribution in [-0.4, -0.2) is 16.6 Å². The molecule has 4 aliphatic carbocycles. The zero-order valence-electron chi connectivity index (χ0n) is 13.7. The first-order valence-electron chi connectivity index (χ1n) is 9.26. The fraction of sp³-hybridized carbons (Fsp3) is 1.00. The van der Waals surface area contributed by atoms with E-state index in [4.69, 9.17) is 11.6 Å². The summed E-state index contributed by atoms with van der Waals surface area (Å²) in [5.74, 6) is 3.52. The molecule has 1 nitrogen and oxygen atoms in total. The fourth-order valence-electron chi connectivity index (χ4n) is 7.23. The lowest BCUT2D eigenvalue weighted by atomic mass is 9.45. The van der Waals surface area contributed by atoms with Gasteiger partial charge in [-0.3, -0.25) is 0 Å². The van der Waals surface area contributed by atoms with E-state index in [0.29, 0.717) is 10.8 Å². The monoisotopic (exact) mass is 310 g/mol. The van der Waals surface area contributed by atoms with E-state index in [1.54, 1.807) is 0 Å². The molecule has 8 atom stereocenters. The van der Waals surface area contributed by atoms with E-state index in [-0.39, 0.29) is 11.5 Å². The molecule has 0 saturated heterocycles. The lowest BCUT2D eigenvalue weighted by Gasteiger charge is -2.61. The third kappa shape index (κ3) is 2.06. The van der Waals surface area contributed by atoms with Gasteiger partial charge in [0.1, 0.15) is 0 Å². The molecule has 4 saturated carbocycles. The highest BCUT2D eigenvalue weighted by atomic mass is 35.5. The lowest BCUT2D eigenvalue weighted by Crippen LogP contribution is -2.55. The molecule has 2 heteroatoms. The highest BCUT2D eigenvalue weighted by Crippen LogP contribution is 2.66. The molecule has 0 amide bonds. The topological polar surface area (TPSA) is 20.2 Å². The highest BCUT2D eigenvalue weighted by Gasteiger charge is 2.58. The number of alkyl halides is 1. The summed E-state index contributed by atoms with van der Waals surface area (Å²) >= 11 is 6.50. The first kappa shape index (κ1) is 14.8. The van der Waals surface area contributed by atoms with Crippen molar-refractivity contribution in [2.24, 2.45) is 34.5 Å². The summed E-state index contributed by atoms with van der Waals surface area (Å²) in [6, 6.07) is 0. The zero-order valence-corrected chi connectivity index (χ0v) is 14.4. The number of hydrogen-bond acceptors (Lipinski definition) is 1. The first-order chi connectivity index (χ1) is 9.94. The van der Waals surface area contributed by atoms with Gasteiger partial charge in [-0.2, -0.15) is 0 Å². The van der Waals surface area contributed by atoms with Gasteiger partial charge < -0.3 is 5.11 Å². The summed E-state index contributed by atoms with van der Waals surface area (Å²) in [5, 5.41) is 10.2. The Labute approximate surface area is 134 Å². The highest BCUT2D eigenvalue weighted by molar-refractivity contribution is 6.21. The van der Waals surface area contributed by atoms with Crippen LogP contribution >= 0.6 is 11.6 Å². The van der Waals surface area contributed by atoms with Gasteiger partial charge in [0.15, 0.2) is 0 Å². The maximum Gasteiger partial charge on any atom is 0.0706 e. The summed E-state index contributed by atoms with van der Waals surface area (Å²) in [4.78, 5) is 0. The molecule has 0 radical (unpaired) electrons. The molecule has 120 valence electrons. The van der Waals surface area contributed by atoms with E-state index in [9.17, 15) is 5.11 Å². The molecule has 0 aromatic rings. The molecular formula is C19H31ClO. The minimum Gasteiger partial charge on any atom is -0.392 e. The van der Waals surface area contributed by atoms with Gasteiger partial charge >= 0.3 is 0 Å². The Bertz CT molecular complexity index is 424. The van der Waals surface area contributed by atoms with Crippen LogP contribution in [0.25, 0.3) is 0 Å². The van der Waals surface area contributed by atoms with E-state index in [1.165, 1.54) is 44.9 Å². The summed E-state index contributed by atoms with van der Waals surface area (Å²) in [7, 11) is 0. The van der Waals surface area contributed by atoms with Gasteiger partial charge in [0.2, 0.25) is 0 Å². The molecule has 0 heterocycles. The quantitative estimate of drug-likeness (QED) is 0.624. The molecule has 0 aliphatic heterocycles. The Balaban J connectivity index is 1.63. The average molecular weight is 311 g/mol. The Morgan fingerprint density at radius 2 is 1.81 bits per heavy atom. The van der Waals surface area contributed by atoms with Crippen molar-refractivity contribution in [3.63, 3.8) is 0 Å². The number of aliphatic hydroxyl groups is 1. The van der Waals surface area contributed by atoms with Crippen molar-refractivity contribution in [3.05, 3.63) is 0 Å². The van der Waals surface area contributed by atoms with Gasteiger partial charge in [-0.05, 0) is 85.9 Å². The Hall–Kier alpha value is 0.250. The molecule has 0 unspecified atom stereocenters. The van der Waals surface area contributed by atoms with Gasteiger partial charge in [0, 0.05) is 0 Å². The second-order valence-corrected chi connectivity index (χ2v) is 9.83. The summed E-state index contributed by atoms with van der Waals surface area (Å²) in [5.41, 5.74) is 1.05. The van der Waals surface area contributed by atoms with E-state index in [2.05, 4.69) is 13.8 Å². The number of halogens is 1. The van der Waals surface area contributed by atoms with Crippen molar-refractivity contribution in [2.75, 3.05) is 0 Å². The third-order valence-electron chi connectivity index (χ3n) is 8.42. The smallest absolute Gasteiger partial charge is 0.0706 e. The van der Waals surface area contributed by atoms with Gasteiger partial charge in [0.05, 0.1) is 11.5 Å². The predicted octanol–water partition coefficient (Wildman–Crippen LogP) is 5.00. The minimum atomic E-state index is -0.262. The molecule has 1 N–H and O–H groups in total. The van der Waals surface area contributed by atoms with Crippen molar-refractivity contribution in [1.82, 2.24) is 0 Å². The van der Waals surface area contributed by atoms with Crippen molar-refractivity contribution >= 4 is 11.6 Å². The Kier molecular flexibility index (Phi) is 3.44. The first-order valence-corrected chi connectivity index (χ1v) is 9.70. The maximum atomic E-state index is 10.2.